The summed E-state index contributed by atoms with van der Waals surface area (Å²) in [4.78, 5) is 33.8. The largest absolute Gasteiger partial charge is 0.495 e. The summed E-state index contributed by atoms with van der Waals surface area (Å²) in [5, 5.41) is 0.458. The third-order valence-electron chi connectivity index (χ3n) is 7.56. The normalized spacial score (nSPS) is 15.5. The molecule has 2 aromatic carbocycles. The summed E-state index contributed by atoms with van der Waals surface area (Å²) in [5.74, 6) is 0.702. The SMILES string of the molecule is COc1c(-c2cncc(N3CCN(C(=O)OC(C)(C)C)[C@H](C)C3)c2)cc(C)cc1-c1ccc(-n2ccn(C)c2=O)c(Cl)c1. The van der Waals surface area contributed by atoms with Crippen LogP contribution in [-0.4, -0.2) is 63.5 Å². The highest BCUT2D eigenvalue weighted by Crippen LogP contribution is 2.42. The quantitative estimate of drug-likeness (QED) is 0.265. The molecule has 1 fully saturated rings. The highest BCUT2D eigenvalue weighted by Gasteiger charge is 2.31. The molecule has 0 spiro atoms. The van der Waals surface area contributed by atoms with Crippen LogP contribution in [0.1, 0.15) is 33.3 Å². The standard InChI is InChI=1S/C33H38ClN5O4/c1-21-14-26(23-8-9-29(28(34)17-23)39-12-10-36(6)31(39)40)30(42-7)27(15-21)24-16-25(19-35-18-24)37-11-13-38(22(2)20-37)32(41)43-33(3,4)5/h8-10,12,14-19,22H,11,13,20H2,1-7H3/t22-/m1/s1. The number of nitrogens with zero attached hydrogens (tertiary/aromatic N) is 5. The van der Waals surface area contributed by atoms with Crippen molar-refractivity contribution in [1.29, 1.82) is 0 Å². The van der Waals surface area contributed by atoms with E-state index in [1.807, 2.05) is 65.2 Å². The van der Waals surface area contributed by atoms with E-state index < -0.39 is 5.60 Å². The molecular formula is C33H38ClN5O4. The van der Waals surface area contributed by atoms with E-state index in [0.29, 0.717) is 36.1 Å². The number of pyridine rings is 1. The van der Waals surface area contributed by atoms with Gasteiger partial charge in [0, 0.05) is 68.0 Å². The van der Waals surface area contributed by atoms with Crippen molar-refractivity contribution in [3.63, 3.8) is 0 Å². The number of methoxy groups -OCH3 is 1. The molecule has 9 nitrogen and oxygen atoms in total. The fourth-order valence-corrected chi connectivity index (χ4v) is 5.74. The molecule has 0 radical (unpaired) electrons. The third-order valence-corrected chi connectivity index (χ3v) is 7.86. The first-order valence-corrected chi connectivity index (χ1v) is 14.7. The maximum absolute atomic E-state index is 12.7. The summed E-state index contributed by atoms with van der Waals surface area (Å²) in [7, 11) is 3.36. The number of rotatable bonds is 5. The smallest absolute Gasteiger partial charge is 0.410 e. The Morgan fingerprint density at radius 1 is 1.02 bits per heavy atom. The Hall–Kier alpha value is -4.24. The van der Waals surface area contributed by atoms with Gasteiger partial charge in [0.05, 0.1) is 29.7 Å². The fraction of sp³-hybridized carbons (Fsp3) is 0.364. The zero-order valence-electron chi connectivity index (χ0n) is 25.7. The number of piperazine rings is 1. The van der Waals surface area contributed by atoms with E-state index in [0.717, 1.165) is 33.5 Å². The molecule has 43 heavy (non-hydrogen) atoms. The lowest BCUT2D eigenvalue weighted by Gasteiger charge is -2.41. The Balaban J connectivity index is 1.45. The fourth-order valence-electron chi connectivity index (χ4n) is 5.47. The first kappa shape index (κ1) is 30.2. The molecule has 3 heterocycles. The van der Waals surface area contributed by atoms with Crippen LogP contribution in [0.5, 0.6) is 5.75 Å². The number of benzene rings is 2. The van der Waals surface area contributed by atoms with Gasteiger partial charge in [-0.25, -0.2) is 9.59 Å². The van der Waals surface area contributed by atoms with Crippen molar-refractivity contribution in [2.45, 2.75) is 46.3 Å². The minimum absolute atomic E-state index is 0.0215. The number of amides is 1. The van der Waals surface area contributed by atoms with Gasteiger partial charge in [0.15, 0.2) is 0 Å². The molecule has 1 aliphatic heterocycles. The Bertz CT molecular complexity index is 1720. The van der Waals surface area contributed by atoms with Crippen LogP contribution in [-0.2, 0) is 11.8 Å². The molecule has 0 unspecified atom stereocenters. The van der Waals surface area contributed by atoms with Crippen LogP contribution in [0.4, 0.5) is 10.5 Å². The average molecular weight is 604 g/mol. The van der Waals surface area contributed by atoms with E-state index >= 15 is 0 Å². The highest BCUT2D eigenvalue weighted by molar-refractivity contribution is 6.32. The van der Waals surface area contributed by atoms with Gasteiger partial charge in [-0.15, -0.1) is 0 Å². The van der Waals surface area contributed by atoms with Crippen molar-refractivity contribution in [1.82, 2.24) is 19.0 Å². The molecule has 1 amide bonds. The number of carbonyl (C=O) groups is 1. The number of hydrogen-bond acceptors (Lipinski definition) is 6. The highest BCUT2D eigenvalue weighted by atomic mass is 35.5. The Morgan fingerprint density at radius 3 is 2.35 bits per heavy atom. The van der Waals surface area contributed by atoms with Gasteiger partial charge in [-0.2, -0.15) is 0 Å². The van der Waals surface area contributed by atoms with Crippen LogP contribution >= 0.6 is 11.6 Å². The third kappa shape index (κ3) is 6.27. The number of aromatic nitrogens is 3. The molecule has 2 aromatic heterocycles. The minimum Gasteiger partial charge on any atom is -0.495 e. The van der Waals surface area contributed by atoms with Crippen molar-refractivity contribution in [2.75, 3.05) is 31.6 Å². The van der Waals surface area contributed by atoms with Gasteiger partial charge in [0.1, 0.15) is 11.4 Å². The lowest BCUT2D eigenvalue weighted by molar-refractivity contribution is 0.0159. The van der Waals surface area contributed by atoms with Gasteiger partial charge < -0.3 is 23.8 Å². The predicted octanol–water partition coefficient (Wildman–Crippen LogP) is 6.32. The number of hydrogen-bond donors (Lipinski definition) is 0. The van der Waals surface area contributed by atoms with Crippen LogP contribution in [0.15, 0.2) is 66.0 Å². The Kier molecular flexibility index (Phi) is 8.29. The van der Waals surface area contributed by atoms with E-state index in [1.165, 1.54) is 9.13 Å². The van der Waals surface area contributed by atoms with Crippen molar-refractivity contribution >= 4 is 23.4 Å². The summed E-state index contributed by atoms with van der Waals surface area (Å²) in [6.45, 7) is 11.6. The van der Waals surface area contributed by atoms with Crippen molar-refractivity contribution in [3.05, 3.63) is 82.3 Å². The molecule has 10 heteroatoms. The number of halogens is 1. The Morgan fingerprint density at radius 2 is 1.74 bits per heavy atom. The van der Waals surface area contributed by atoms with Crippen molar-refractivity contribution in [3.8, 4) is 33.7 Å². The number of aryl methyl sites for hydroxylation is 2. The zero-order chi connectivity index (χ0) is 31.1. The summed E-state index contributed by atoms with van der Waals surface area (Å²) in [6.07, 6.45) is 6.81. The molecular weight excluding hydrogens is 566 g/mol. The molecule has 226 valence electrons. The summed E-state index contributed by atoms with van der Waals surface area (Å²) < 4.78 is 14.6. The van der Waals surface area contributed by atoms with Crippen molar-refractivity contribution in [2.24, 2.45) is 7.05 Å². The van der Waals surface area contributed by atoms with Crippen LogP contribution in [0.2, 0.25) is 5.02 Å². The first-order chi connectivity index (χ1) is 20.4. The second kappa shape index (κ2) is 11.8. The van der Waals surface area contributed by atoms with Gasteiger partial charge in [-0.1, -0.05) is 17.7 Å². The molecule has 0 aliphatic carbocycles. The number of imidazole rings is 1. The summed E-state index contributed by atoms with van der Waals surface area (Å²) in [6, 6.07) is 11.9. The van der Waals surface area contributed by atoms with Crippen LogP contribution in [0.25, 0.3) is 27.9 Å². The molecule has 0 N–H and O–H groups in total. The van der Waals surface area contributed by atoms with Crippen LogP contribution in [0.3, 0.4) is 0 Å². The monoisotopic (exact) mass is 603 g/mol. The second-order valence-corrected chi connectivity index (χ2v) is 12.4. The van der Waals surface area contributed by atoms with Gasteiger partial charge in [0.25, 0.3) is 0 Å². The van der Waals surface area contributed by atoms with Gasteiger partial charge >= 0.3 is 11.8 Å². The number of ether oxygens (including phenoxy) is 2. The van der Waals surface area contributed by atoms with E-state index in [2.05, 4.69) is 28.1 Å². The van der Waals surface area contributed by atoms with Gasteiger partial charge in [0.2, 0.25) is 0 Å². The molecule has 0 saturated carbocycles. The van der Waals surface area contributed by atoms with Crippen LogP contribution in [0, 0.1) is 6.92 Å². The summed E-state index contributed by atoms with van der Waals surface area (Å²) >= 11 is 6.71. The minimum atomic E-state index is -0.535. The van der Waals surface area contributed by atoms with E-state index in [1.54, 1.807) is 31.5 Å². The van der Waals surface area contributed by atoms with Crippen molar-refractivity contribution < 1.29 is 14.3 Å². The van der Waals surface area contributed by atoms with Gasteiger partial charge in [-0.3, -0.25) is 9.55 Å². The lowest BCUT2D eigenvalue weighted by Crippen LogP contribution is -2.55. The summed E-state index contributed by atoms with van der Waals surface area (Å²) in [5.41, 5.74) is 5.51. The van der Waals surface area contributed by atoms with E-state index in [-0.39, 0.29) is 17.8 Å². The molecule has 1 saturated heterocycles. The molecule has 1 atom stereocenters. The molecule has 5 rings (SSSR count). The lowest BCUT2D eigenvalue weighted by atomic mass is 9.95. The van der Waals surface area contributed by atoms with E-state index in [4.69, 9.17) is 21.1 Å². The predicted molar refractivity (Wildman–Crippen MR) is 171 cm³/mol. The number of carbonyl (C=O) groups excluding carboxylic acids is 1. The van der Waals surface area contributed by atoms with Crippen LogP contribution < -0.4 is 15.3 Å². The maximum atomic E-state index is 12.7. The topological polar surface area (TPSA) is 81.8 Å². The maximum Gasteiger partial charge on any atom is 0.410 e. The number of anilines is 1. The molecule has 4 aromatic rings. The van der Waals surface area contributed by atoms with Gasteiger partial charge in [-0.05, 0) is 76.1 Å². The van der Waals surface area contributed by atoms with E-state index in [9.17, 15) is 9.59 Å². The molecule has 1 aliphatic rings. The Labute approximate surface area is 257 Å². The average Bonchev–Trinajstić information content (AvgIpc) is 3.28. The first-order valence-electron chi connectivity index (χ1n) is 14.3. The zero-order valence-corrected chi connectivity index (χ0v) is 26.5. The molecule has 0 bridgehead atoms. The second-order valence-electron chi connectivity index (χ2n) is 12.0.